The Morgan fingerprint density at radius 1 is 0.400 bits per heavy atom. The Bertz CT molecular complexity index is 2800. The van der Waals surface area contributed by atoms with Crippen LogP contribution in [0.25, 0.3) is 94.5 Å². The largest absolute Gasteiger partial charge is 0.456 e. The lowest BCUT2D eigenvalue weighted by molar-refractivity contribution is 0.669. The molecule has 0 amide bonds. The Kier molecular flexibility index (Phi) is 6.46. The topological polar surface area (TPSA) is 43.9 Å². The van der Waals surface area contributed by atoms with Gasteiger partial charge in [-0.25, -0.2) is 9.97 Å². The van der Waals surface area contributed by atoms with E-state index in [2.05, 4.69) is 156 Å². The second-order valence-corrected chi connectivity index (χ2v) is 12.6. The molecule has 50 heavy (non-hydrogen) atoms. The van der Waals surface area contributed by atoms with Gasteiger partial charge >= 0.3 is 0 Å². The summed E-state index contributed by atoms with van der Waals surface area (Å²) in [5.41, 5.74) is 12.2. The highest BCUT2D eigenvalue weighted by Crippen LogP contribution is 2.43. The number of fused-ring (bicyclic) bond motifs is 6. The summed E-state index contributed by atoms with van der Waals surface area (Å²) in [5, 5.41) is 4.48. The first-order valence-electron chi connectivity index (χ1n) is 16.8. The maximum atomic E-state index is 6.22. The number of hydrogen-bond acceptors (Lipinski definition) is 3. The van der Waals surface area contributed by atoms with Crippen LogP contribution in [0.1, 0.15) is 0 Å². The Balaban J connectivity index is 1.31. The standard InChI is InChI=1S/C46H29N3O/c1-4-14-30(15-5-1)34-21-12-23-40-44(34)45-36(46-47-38(31-16-6-2-7-17-31)29-39(48-46)32-18-8-3-9-19-32)22-13-24-41(45)49(40)33-26-27-43-37(28-33)35-20-10-11-25-42(35)50-43/h1-29H. The van der Waals surface area contributed by atoms with Crippen molar-refractivity contribution < 1.29 is 4.42 Å². The minimum Gasteiger partial charge on any atom is -0.456 e. The predicted octanol–water partition coefficient (Wildman–Crippen LogP) is 12.1. The van der Waals surface area contributed by atoms with Gasteiger partial charge in [0, 0.05) is 43.9 Å². The van der Waals surface area contributed by atoms with Gasteiger partial charge in [-0.1, -0.05) is 133 Å². The molecular weight excluding hydrogens is 611 g/mol. The molecule has 0 aliphatic heterocycles. The van der Waals surface area contributed by atoms with Crippen LogP contribution < -0.4 is 0 Å². The summed E-state index contributed by atoms with van der Waals surface area (Å²) in [5.74, 6) is 0.689. The number of furan rings is 1. The van der Waals surface area contributed by atoms with Crippen molar-refractivity contribution in [3.05, 3.63) is 176 Å². The van der Waals surface area contributed by atoms with Crippen molar-refractivity contribution in [1.29, 1.82) is 0 Å². The van der Waals surface area contributed by atoms with E-state index in [1.54, 1.807) is 0 Å². The number of hydrogen-bond donors (Lipinski definition) is 0. The number of nitrogens with zero attached hydrogens (tertiary/aromatic N) is 3. The average molecular weight is 640 g/mol. The van der Waals surface area contributed by atoms with E-state index in [0.29, 0.717) is 5.82 Å². The average Bonchev–Trinajstić information content (AvgIpc) is 3.74. The fraction of sp³-hybridized carbons (Fsp3) is 0. The molecule has 4 nitrogen and oxygen atoms in total. The molecule has 0 unspecified atom stereocenters. The monoisotopic (exact) mass is 639 g/mol. The highest BCUT2D eigenvalue weighted by atomic mass is 16.3. The van der Waals surface area contributed by atoms with Crippen LogP contribution in [-0.2, 0) is 0 Å². The van der Waals surface area contributed by atoms with Gasteiger partial charge in [-0.2, -0.15) is 0 Å². The molecule has 10 rings (SSSR count). The van der Waals surface area contributed by atoms with Crippen LogP contribution in [0, 0.1) is 0 Å². The zero-order chi connectivity index (χ0) is 33.0. The van der Waals surface area contributed by atoms with Crippen LogP contribution in [0.15, 0.2) is 180 Å². The second kappa shape index (κ2) is 11.4. The number of rotatable bonds is 5. The molecule has 0 N–H and O–H groups in total. The lowest BCUT2D eigenvalue weighted by Crippen LogP contribution is -1.97. The molecule has 0 fully saturated rings. The third kappa shape index (κ3) is 4.54. The van der Waals surface area contributed by atoms with Gasteiger partial charge in [-0.3, -0.25) is 0 Å². The Hall–Kier alpha value is -6.78. The van der Waals surface area contributed by atoms with Gasteiger partial charge in [-0.15, -0.1) is 0 Å². The zero-order valence-electron chi connectivity index (χ0n) is 27.0. The van der Waals surface area contributed by atoms with E-state index >= 15 is 0 Å². The molecule has 0 saturated carbocycles. The van der Waals surface area contributed by atoms with Crippen LogP contribution >= 0.6 is 0 Å². The molecule has 7 aromatic carbocycles. The maximum Gasteiger partial charge on any atom is 0.161 e. The molecule has 0 spiro atoms. The maximum absolute atomic E-state index is 6.22. The van der Waals surface area contributed by atoms with Gasteiger partial charge < -0.3 is 8.98 Å². The second-order valence-electron chi connectivity index (χ2n) is 12.6. The van der Waals surface area contributed by atoms with Crippen molar-refractivity contribution in [2.24, 2.45) is 0 Å². The van der Waals surface area contributed by atoms with E-state index in [-0.39, 0.29) is 0 Å². The van der Waals surface area contributed by atoms with Crippen molar-refractivity contribution in [3.63, 3.8) is 0 Å². The summed E-state index contributed by atoms with van der Waals surface area (Å²) in [7, 11) is 0. The number of para-hydroxylation sites is 1. The lowest BCUT2D eigenvalue weighted by Gasteiger charge is -2.11. The van der Waals surface area contributed by atoms with E-state index in [1.165, 1.54) is 0 Å². The van der Waals surface area contributed by atoms with Gasteiger partial charge in [0.2, 0.25) is 0 Å². The van der Waals surface area contributed by atoms with E-state index in [1.807, 2.05) is 24.3 Å². The van der Waals surface area contributed by atoms with Crippen LogP contribution in [0.3, 0.4) is 0 Å². The summed E-state index contributed by atoms with van der Waals surface area (Å²) in [6.45, 7) is 0. The molecule has 0 atom stereocenters. The van der Waals surface area contributed by atoms with Crippen LogP contribution in [0.2, 0.25) is 0 Å². The SMILES string of the molecule is c1ccc(-c2cc(-c3ccccc3)nc(-c3cccc4c3c3c(-c5ccccc5)cccc3n4-c3ccc4oc5ccccc5c4c3)n2)cc1. The van der Waals surface area contributed by atoms with Gasteiger partial charge in [0.15, 0.2) is 5.82 Å². The van der Waals surface area contributed by atoms with Crippen molar-refractivity contribution in [2.75, 3.05) is 0 Å². The molecule has 4 heteroatoms. The van der Waals surface area contributed by atoms with E-state index in [4.69, 9.17) is 14.4 Å². The molecule has 0 saturated heterocycles. The molecule has 0 radical (unpaired) electrons. The quantitative estimate of drug-likeness (QED) is 0.188. The third-order valence-electron chi connectivity index (χ3n) is 9.63. The van der Waals surface area contributed by atoms with E-state index in [9.17, 15) is 0 Å². The summed E-state index contributed by atoms with van der Waals surface area (Å²) in [6, 6.07) is 61.3. The van der Waals surface area contributed by atoms with Gasteiger partial charge in [0.25, 0.3) is 0 Å². The van der Waals surface area contributed by atoms with Crippen LogP contribution in [0.5, 0.6) is 0 Å². The molecule has 3 aromatic heterocycles. The molecular formula is C46H29N3O. The minimum atomic E-state index is 0.689. The van der Waals surface area contributed by atoms with Crippen molar-refractivity contribution in [1.82, 2.24) is 14.5 Å². The smallest absolute Gasteiger partial charge is 0.161 e. The molecule has 10 aromatic rings. The van der Waals surface area contributed by atoms with Gasteiger partial charge in [0.05, 0.1) is 22.4 Å². The normalized spacial score (nSPS) is 11.6. The van der Waals surface area contributed by atoms with E-state index in [0.717, 1.165) is 88.6 Å². The highest BCUT2D eigenvalue weighted by Gasteiger charge is 2.22. The zero-order valence-corrected chi connectivity index (χ0v) is 27.0. The Labute approximate surface area is 288 Å². The number of benzene rings is 7. The fourth-order valence-electron chi connectivity index (χ4n) is 7.37. The van der Waals surface area contributed by atoms with Gasteiger partial charge in [0.1, 0.15) is 11.2 Å². The molecule has 0 bridgehead atoms. The van der Waals surface area contributed by atoms with Crippen molar-refractivity contribution in [3.8, 4) is 50.7 Å². The molecule has 3 heterocycles. The first-order valence-corrected chi connectivity index (χ1v) is 16.8. The fourth-order valence-corrected chi connectivity index (χ4v) is 7.37. The Morgan fingerprint density at radius 2 is 0.940 bits per heavy atom. The van der Waals surface area contributed by atoms with Crippen LogP contribution in [-0.4, -0.2) is 14.5 Å². The first kappa shape index (κ1) is 28.3. The summed E-state index contributed by atoms with van der Waals surface area (Å²) >= 11 is 0. The molecule has 234 valence electrons. The highest BCUT2D eigenvalue weighted by molar-refractivity contribution is 6.20. The summed E-state index contributed by atoms with van der Waals surface area (Å²) in [6.07, 6.45) is 0. The Morgan fingerprint density at radius 3 is 1.60 bits per heavy atom. The molecule has 0 aliphatic carbocycles. The summed E-state index contributed by atoms with van der Waals surface area (Å²) < 4.78 is 8.60. The third-order valence-corrected chi connectivity index (χ3v) is 9.63. The predicted molar refractivity (Wildman–Crippen MR) is 205 cm³/mol. The number of aromatic nitrogens is 3. The minimum absolute atomic E-state index is 0.689. The molecule has 0 aliphatic rings. The van der Waals surface area contributed by atoms with Crippen molar-refractivity contribution in [2.45, 2.75) is 0 Å². The van der Waals surface area contributed by atoms with Gasteiger partial charge in [-0.05, 0) is 53.6 Å². The first-order chi connectivity index (χ1) is 24.8. The van der Waals surface area contributed by atoms with Crippen LogP contribution in [0.4, 0.5) is 0 Å². The van der Waals surface area contributed by atoms with Crippen molar-refractivity contribution >= 4 is 43.7 Å². The lowest BCUT2D eigenvalue weighted by atomic mass is 9.97. The van der Waals surface area contributed by atoms with E-state index < -0.39 is 0 Å². The summed E-state index contributed by atoms with van der Waals surface area (Å²) in [4.78, 5) is 10.6.